The number of para-hydroxylation sites is 2. The number of piperidine rings is 1. The number of nitrogens with zero attached hydrogens (tertiary/aromatic N) is 3. The van der Waals surface area contributed by atoms with Gasteiger partial charge in [0.15, 0.2) is 0 Å². The van der Waals surface area contributed by atoms with Crippen LogP contribution in [0.5, 0.6) is 11.5 Å². The zero-order chi connectivity index (χ0) is 22.7. The van der Waals surface area contributed by atoms with Crippen molar-refractivity contribution in [2.24, 2.45) is 13.0 Å². The van der Waals surface area contributed by atoms with Gasteiger partial charge in [0.25, 0.3) is 5.91 Å². The Labute approximate surface area is 187 Å². The number of carbonyl (C=O) groups is 2. The predicted molar refractivity (Wildman–Crippen MR) is 121 cm³/mol. The standard InChI is InChI=1S/C24H28N4O4/c1-27-21-7-5-4-6-20(21)26-22(27)15-25-23(29)16-8-10-28(11-9-16)24(30)17-12-18(31-2)14-19(13-17)32-3/h4-7,12-14,16H,8-11,15H2,1-3H3,(H,25,29). The molecule has 3 aromatic rings. The Hall–Kier alpha value is -3.55. The molecule has 1 saturated heterocycles. The van der Waals surface area contributed by atoms with E-state index in [4.69, 9.17) is 9.47 Å². The summed E-state index contributed by atoms with van der Waals surface area (Å²) < 4.78 is 12.5. The molecule has 1 fully saturated rings. The second kappa shape index (κ2) is 9.30. The predicted octanol–water partition coefficient (Wildman–Crippen LogP) is 2.76. The molecular weight excluding hydrogens is 408 g/mol. The lowest BCUT2D eigenvalue weighted by molar-refractivity contribution is -0.126. The Kier molecular flexibility index (Phi) is 6.30. The second-order valence-electron chi connectivity index (χ2n) is 7.96. The SMILES string of the molecule is COc1cc(OC)cc(C(=O)N2CCC(C(=O)NCc3nc4ccccc4n3C)CC2)c1. The van der Waals surface area contributed by atoms with E-state index in [-0.39, 0.29) is 17.7 Å². The molecule has 0 spiro atoms. The number of aromatic nitrogens is 2. The van der Waals surface area contributed by atoms with E-state index < -0.39 is 0 Å². The van der Waals surface area contributed by atoms with E-state index in [1.165, 1.54) is 0 Å². The number of hydrogen-bond donors (Lipinski definition) is 1. The molecule has 2 amide bonds. The van der Waals surface area contributed by atoms with Crippen molar-refractivity contribution in [1.82, 2.24) is 19.8 Å². The fraction of sp³-hybridized carbons (Fsp3) is 0.375. The molecule has 1 aromatic heterocycles. The minimum absolute atomic E-state index is 0.00667. The van der Waals surface area contributed by atoms with Gasteiger partial charge in [-0.25, -0.2) is 4.98 Å². The van der Waals surface area contributed by atoms with E-state index >= 15 is 0 Å². The lowest BCUT2D eigenvalue weighted by Gasteiger charge is -2.31. The highest BCUT2D eigenvalue weighted by atomic mass is 16.5. The van der Waals surface area contributed by atoms with Crippen molar-refractivity contribution in [2.45, 2.75) is 19.4 Å². The van der Waals surface area contributed by atoms with Crippen LogP contribution < -0.4 is 14.8 Å². The molecule has 0 saturated carbocycles. The van der Waals surface area contributed by atoms with Gasteiger partial charge < -0.3 is 24.3 Å². The molecule has 1 N–H and O–H groups in total. The number of imidazole rings is 1. The summed E-state index contributed by atoms with van der Waals surface area (Å²) in [6, 6.07) is 13.1. The summed E-state index contributed by atoms with van der Waals surface area (Å²) in [7, 11) is 5.07. The fourth-order valence-electron chi connectivity index (χ4n) is 4.12. The highest BCUT2D eigenvalue weighted by molar-refractivity contribution is 5.95. The Balaban J connectivity index is 1.33. The third-order valence-electron chi connectivity index (χ3n) is 6.05. The summed E-state index contributed by atoms with van der Waals surface area (Å²) in [4.78, 5) is 32.1. The number of benzene rings is 2. The van der Waals surface area contributed by atoms with Crippen LogP contribution in [0.1, 0.15) is 29.0 Å². The van der Waals surface area contributed by atoms with E-state index in [0.717, 1.165) is 16.9 Å². The van der Waals surface area contributed by atoms with E-state index in [1.807, 2.05) is 35.9 Å². The number of rotatable bonds is 6. The van der Waals surface area contributed by atoms with E-state index in [1.54, 1.807) is 37.3 Å². The molecule has 0 bridgehead atoms. The van der Waals surface area contributed by atoms with E-state index in [9.17, 15) is 9.59 Å². The second-order valence-corrected chi connectivity index (χ2v) is 7.96. The Morgan fingerprint density at radius 2 is 1.72 bits per heavy atom. The summed E-state index contributed by atoms with van der Waals surface area (Å²) in [6.07, 6.45) is 1.25. The molecule has 0 aliphatic carbocycles. The van der Waals surface area contributed by atoms with Crippen LogP contribution in [0.15, 0.2) is 42.5 Å². The van der Waals surface area contributed by atoms with Crippen molar-refractivity contribution in [3.05, 3.63) is 53.9 Å². The lowest BCUT2D eigenvalue weighted by Crippen LogP contribution is -2.43. The number of ether oxygens (including phenoxy) is 2. The number of aryl methyl sites for hydroxylation is 1. The normalized spacial score (nSPS) is 14.4. The molecule has 2 heterocycles. The Bertz CT molecular complexity index is 1110. The monoisotopic (exact) mass is 436 g/mol. The molecule has 0 atom stereocenters. The quantitative estimate of drug-likeness (QED) is 0.642. The molecule has 4 rings (SSSR count). The summed E-state index contributed by atoms with van der Waals surface area (Å²) in [5.74, 6) is 1.77. The number of fused-ring (bicyclic) bond motifs is 1. The maximum Gasteiger partial charge on any atom is 0.254 e. The molecule has 0 radical (unpaired) electrons. The van der Waals surface area contributed by atoms with Gasteiger partial charge >= 0.3 is 0 Å². The molecule has 1 aliphatic heterocycles. The molecule has 8 nitrogen and oxygen atoms in total. The highest BCUT2D eigenvalue weighted by Gasteiger charge is 2.28. The van der Waals surface area contributed by atoms with Gasteiger partial charge in [-0.1, -0.05) is 12.1 Å². The minimum atomic E-state index is -0.117. The van der Waals surface area contributed by atoms with Crippen molar-refractivity contribution in [2.75, 3.05) is 27.3 Å². The van der Waals surface area contributed by atoms with Gasteiger partial charge in [-0.2, -0.15) is 0 Å². The number of likely N-dealkylation sites (tertiary alicyclic amines) is 1. The van der Waals surface area contributed by atoms with E-state index in [0.29, 0.717) is 49.5 Å². The maximum atomic E-state index is 12.9. The average Bonchev–Trinajstić information content (AvgIpc) is 3.17. The third kappa shape index (κ3) is 4.39. The molecule has 32 heavy (non-hydrogen) atoms. The Morgan fingerprint density at radius 3 is 2.34 bits per heavy atom. The van der Waals surface area contributed by atoms with Crippen LogP contribution in [0, 0.1) is 5.92 Å². The highest BCUT2D eigenvalue weighted by Crippen LogP contribution is 2.25. The zero-order valence-electron chi connectivity index (χ0n) is 18.6. The molecular formula is C24H28N4O4. The zero-order valence-corrected chi connectivity index (χ0v) is 18.6. The van der Waals surface area contributed by atoms with Gasteiger partial charge in [0.05, 0.1) is 31.8 Å². The number of methoxy groups -OCH3 is 2. The minimum Gasteiger partial charge on any atom is -0.497 e. The van der Waals surface area contributed by atoms with Gasteiger partial charge in [-0.05, 0) is 37.1 Å². The molecule has 8 heteroatoms. The average molecular weight is 437 g/mol. The number of nitrogens with one attached hydrogen (secondary N) is 1. The van der Waals surface area contributed by atoms with Crippen LogP contribution in [0.2, 0.25) is 0 Å². The first kappa shape index (κ1) is 21.7. The first-order valence-electron chi connectivity index (χ1n) is 10.7. The van der Waals surface area contributed by atoms with Crippen LogP contribution in [-0.4, -0.2) is 53.6 Å². The van der Waals surface area contributed by atoms with Crippen molar-refractivity contribution < 1.29 is 19.1 Å². The first-order chi connectivity index (χ1) is 15.5. The van der Waals surface area contributed by atoms with Crippen molar-refractivity contribution >= 4 is 22.8 Å². The van der Waals surface area contributed by atoms with Gasteiger partial charge in [0.2, 0.25) is 5.91 Å². The van der Waals surface area contributed by atoms with Crippen molar-refractivity contribution in [3.8, 4) is 11.5 Å². The lowest BCUT2D eigenvalue weighted by atomic mass is 9.95. The van der Waals surface area contributed by atoms with Gasteiger partial charge in [0, 0.05) is 37.7 Å². The summed E-state index contributed by atoms with van der Waals surface area (Å²) >= 11 is 0. The topological polar surface area (TPSA) is 85.7 Å². The first-order valence-corrected chi connectivity index (χ1v) is 10.7. The van der Waals surface area contributed by atoms with Gasteiger partial charge in [0.1, 0.15) is 17.3 Å². The van der Waals surface area contributed by atoms with Crippen molar-refractivity contribution in [1.29, 1.82) is 0 Å². The number of carbonyl (C=O) groups excluding carboxylic acids is 2. The van der Waals surface area contributed by atoms with Crippen LogP contribution in [0.4, 0.5) is 0 Å². The van der Waals surface area contributed by atoms with Crippen molar-refractivity contribution in [3.63, 3.8) is 0 Å². The number of amides is 2. The summed E-state index contributed by atoms with van der Waals surface area (Å²) in [5, 5.41) is 3.02. The largest absolute Gasteiger partial charge is 0.497 e. The van der Waals surface area contributed by atoms with Gasteiger partial charge in [-0.3, -0.25) is 9.59 Å². The summed E-state index contributed by atoms with van der Waals surface area (Å²) in [5.41, 5.74) is 2.48. The van der Waals surface area contributed by atoms with E-state index in [2.05, 4.69) is 10.3 Å². The van der Waals surface area contributed by atoms with Crippen LogP contribution in [0.25, 0.3) is 11.0 Å². The third-order valence-corrected chi connectivity index (χ3v) is 6.05. The number of hydrogen-bond acceptors (Lipinski definition) is 5. The van der Waals surface area contributed by atoms with Gasteiger partial charge in [-0.15, -0.1) is 0 Å². The van der Waals surface area contributed by atoms with Crippen LogP contribution in [0.3, 0.4) is 0 Å². The van der Waals surface area contributed by atoms with Crippen LogP contribution in [-0.2, 0) is 18.4 Å². The maximum absolute atomic E-state index is 12.9. The molecule has 168 valence electrons. The van der Waals surface area contributed by atoms with Crippen LogP contribution >= 0.6 is 0 Å². The summed E-state index contributed by atoms with van der Waals surface area (Å²) in [6.45, 7) is 1.44. The smallest absolute Gasteiger partial charge is 0.254 e. The molecule has 2 aromatic carbocycles. The molecule has 0 unspecified atom stereocenters. The molecule has 1 aliphatic rings. The Morgan fingerprint density at radius 1 is 1.06 bits per heavy atom. The fourth-order valence-corrected chi connectivity index (χ4v) is 4.12.